The molecule has 0 unspecified atom stereocenters. The molecule has 0 saturated carbocycles. The third-order valence-electron chi connectivity index (χ3n) is 4.03. The highest BCUT2D eigenvalue weighted by Crippen LogP contribution is 2.37. The molecule has 3 rings (SSSR count). The van der Waals surface area contributed by atoms with Crippen molar-refractivity contribution >= 4 is 34.7 Å². The van der Waals surface area contributed by atoms with Gasteiger partial charge in [-0.1, -0.05) is 50.1 Å². The van der Waals surface area contributed by atoms with E-state index in [0.717, 1.165) is 39.6 Å². The van der Waals surface area contributed by atoms with Gasteiger partial charge in [0.15, 0.2) is 0 Å². The lowest BCUT2D eigenvalue weighted by atomic mass is 10.0. The van der Waals surface area contributed by atoms with E-state index < -0.39 is 0 Å². The maximum atomic E-state index is 9.85. The zero-order chi connectivity index (χ0) is 18.5. The van der Waals surface area contributed by atoms with Crippen LogP contribution in [-0.2, 0) is 0 Å². The Morgan fingerprint density at radius 1 is 1.27 bits per heavy atom. The topological polar surface area (TPSA) is 36.7 Å². The van der Waals surface area contributed by atoms with E-state index in [9.17, 15) is 5.26 Å². The number of hydrogen-bond acceptors (Lipinski definition) is 4. The van der Waals surface area contributed by atoms with E-state index in [4.69, 9.17) is 16.6 Å². The van der Waals surface area contributed by atoms with Crippen LogP contribution in [0, 0.1) is 11.3 Å². The van der Waals surface area contributed by atoms with Crippen molar-refractivity contribution in [2.45, 2.75) is 37.0 Å². The molecule has 0 saturated heterocycles. The Morgan fingerprint density at radius 3 is 2.65 bits per heavy atom. The molecule has 0 bridgehead atoms. The van der Waals surface area contributed by atoms with Crippen molar-refractivity contribution in [3.05, 3.63) is 58.4 Å². The highest BCUT2D eigenvalue weighted by Gasteiger charge is 2.18. The van der Waals surface area contributed by atoms with Gasteiger partial charge in [-0.15, -0.1) is 23.1 Å². The summed E-state index contributed by atoms with van der Waals surface area (Å²) < 4.78 is 0. The van der Waals surface area contributed by atoms with Gasteiger partial charge in [-0.2, -0.15) is 5.26 Å². The monoisotopic (exact) mass is 398 g/mol. The van der Waals surface area contributed by atoms with Crippen molar-refractivity contribution in [3.8, 4) is 27.8 Å². The number of nitrogens with zero attached hydrogens (tertiary/aromatic N) is 2. The van der Waals surface area contributed by atoms with Gasteiger partial charge in [-0.05, 0) is 41.6 Å². The van der Waals surface area contributed by atoms with Crippen molar-refractivity contribution in [3.63, 3.8) is 0 Å². The number of thioether (sulfide) groups is 1. The Hall–Kier alpha value is -1.80. The van der Waals surface area contributed by atoms with Crippen LogP contribution in [0.2, 0.25) is 5.02 Å². The molecule has 0 amide bonds. The standard InChI is InChI=1S/C21H19ClN2S2/c1-3-5-14(2)26-21-18(13-23)17(15-7-9-16(22)10-8-15)12-19(24-21)20-6-4-11-25-20/h4,6-12,14H,3,5H2,1-2H3/t14-/m0/s1. The number of nitriles is 1. The quantitative estimate of drug-likeness (QED) is 0.409. The lowest BCUT2D eigenvalue weighted by Crippen LogP contribution is -2.00. The Bertz CT molecular complexity index is 912. The predicted octanol–water partition coefficient (Wildman–Crippen LogP) is 7.28. The summed E-state index contributed by atoms with van der Waals surface area (Å²) in [7, 11) is 0. The summed E-state index contributed by atoms with van der Waals surface area (Å²) in [5, 5.41) is 13.8. The number of thiophene rings is 1. The fourth-order valence-electron chi connectivity index (χ4n) is 2.78. The summed E-state index contributed by atoms with van der Waals surface area (Å²) in [5.41, 5.74) is 3.45. The van der Waals surface area contributed by atoms with E-state index in [-0.39, 0.29) is 0 Å². The van der Waals surface area contributed by atoms with Crippen LogP contribution in [0.3, 0.4) is 0 Å². The zero-order valence-corrected chi connectivity index (χ0v) is 17.1. The molecule has 2 aromatic heterocycles. The van der Waals surface area contributed by atoms with Gasteiger partial charge in [-0.3, -0.25) is 0 Å². The van der Waals surface area contributed by atoms with E-state index in [2.05, 4.69) is 26.0 Å². The molecule has 2 heterocycles. The average Bonchev–Trinajstić information content (AvgIpc) is 3.16. The number of aromatic nitrogens is 1. The lowest BCUT2D eigenvalue weighted by Gasteiger charge is -2.15. The van der Waals surface area contributed by atoms with Crippen LogP contribution in [0.4, 0.5) is 0 Å². The van der Waals surface area contributed by atoms with Crippen molar-refractivity contribution in [2.24, 2.45) is 0 Å². The van der Waals surface area contributed by atoms with E-state index in [1.54, 1.807) is 23.1 Å². The first-order valence-electron chi connectivity index (χ1n) is 8.54. The van der Waals surface area contributed by atoms with E-state index in [1.165, 1.54) is 0 Å². The van der Waals surface area contributed by atoms with E-state index in [0.29, 0.717) is 15.8 Å². The van der Waals surface area contributed by atoms with Gasteiger partial charge in [0.05, 0.1) is 16.1 Å². The number of hydrogen-bond donors (Lipinski definition) is 0. The fourth-order valence-corrected chi connectivity index (χ4v) is 4.75. The van der Waals surface area contributed by atoms with Gasteiger partial charge >= 0.3 is 0 Å². The normalized spacial score (nSPS) is 11.9. The summed E-state index contributed by atoms with van der Waals surface area (Å²) in [6.45, 7) is 4.37. The van der Waals surface area contributed by atoms with Crippen molar-refractivity contribution in [2.75, 3.05) is 0 Å². The average molecular weight is 399 g/mol. The molecule has 2 nitrogen and oxygen atoms in total. The lowest BCUT2D eigenvalue weighted by molar-refractivity contribution is 0.785. The maximum absolute atomic E-state index is 9.85. The molecule has 1 aromatic carbocycles. The Labute approximate surface area is 167 Å². The third kappa shape index (κ3) is 4.29. The first kappa shape index (κ1) is 19.0. The van der Waals surface area contributed by atoms with Crippen LogP contribution >= 0.6 is 34.7 Å². The minimum Gasteiger partial charge on any atom is -0.239 e. The minimum absolute atomic E-state index is 0.413. The molecule has 0 fully saturated rings. The summed E-state index contributed by atoms with van der Waals surface area (Å²) in [6, 6.07) is 16.1. The van der Waals surface area contributed by atoms with Crippen LogP contribution in [0.1, 0.15) is 32.3 Å². The number of benzene rings is 1. The first-order valence-corrected chi connectivity index (χ1v) is 10.7. The number of rotatable bonds is 6. The van der Waals surface area contributed by atoms with Crippen LogP contribution < -0.4 is 0 Å². The molecule has 5 heteroatoms. The fraction of sp³-hybridized carbons (Fsp3) is 0.238. The van der Waals surface area contributed by atoms with Crippen LogP contribution in [0.5, 0.6) is 0 Å². The van der Waals surface area contributed by atoms with Gasteiger partial charge in [0, 0.05) is 15.8 Å². The highest BCUT2D eigenvalue weighted by molar-refractivity contribution is 7.99. The van der Waals surface area contributed by atoms with Crippen molar-refractivity contribution in [1.82, 2.24) is 4.98 Å². The summed E-state index contributed by atoms with van der Waals surface area (Å²) in [5.74, 6) is 0. The molecule has 0 spiro atoms. The predicted molar refractivity (Wildman–Crippen MR) is 113 cm³/mol. The molecule has 3 aromatic rings. The van der Waals surface area contributed by atoms with Gasteiger partial charge in [-0.25, -0.2) is 4.98 Å². The largest absolute Gasteiger partial charge is 0.239 e. The Kier molecular flexibility index (Phi) is 6.37. The molecular weight excluding hydrogens is 380 g/mol. The Morgan fingerprint density at radius 2 is 2.04 bits per heavy atom. The maximum Gasteiger partial charge on any atom is 0.115 e. The van der Waals surface area contributed by atoms with Gasteiger partial charge in [0.2, 0.25) is 0 Å². The van der Waals surface area contributed by atoms with E-state index >= 15 is 0 Å². The summed E-state index contributed by atoms with van der Waals surface area (Å²) in [4.78, 5) is 5.94. The Balaban J connectivity index is 2.16. The zero-order valence-electron chi connectivity index (χ0n) is 14.7. The first-order chi connectivity index (χ1) is 12.6. The van der Waals surface area contributed by atoms with Gasteiger partial charge in [0.1, 0.15) is 11.1 Å². The molecule has 0 aliphatic carbocycles. The van der Waals surface area contributed by atoms with Crippen molar-refractivity contribution in [1.29, 1.82) is 5.26 Å². The van der Waals surface area contributed by atoms with Crippen LogP contribution in [0.15, 0.2) is 52.9 Å². The molecule has 0 radical (unpaired) electrons. The minimum atomic E-state index is 0.413. The summed E-state index contributed by atoms with van der Waals surface area (Å²) >= 11 is 9.39. The van der Waals surface area contributed by atoms with Crippen LogP contribution in [-0.4, -0.2) is 10.2 Å². The number of pyridine rings is 1. The smallest absolute Gasteiger partial charge is 0.115 e. The molecule has 0 N–H and O–H groups in total. The third-order valence-corrected chi connectivity index (χ3v) is 6.34. The molecular formula is C21H19ClN2S2. The molecule has 0 aliphatic heterocycles. The van der Waals surface area contributed by atoms with E-state index in [1.807, 2.05) is 41.8 Å². The van der Waals surface area contributed by atoms with Gasteiger partial charge < -0.3 is 0 Å². The second kappa shape index (κ2) is 8.73. The summed E-state index contributed by atoms with van der Waals surface area (Å²) in [6.07, 6.45) is 2.21. The number of halogens is 1. The highest BCUT2D eigenvalue weighted by atomic mass is 35.5. The molecule has 1 atom stereocenters. The molecule has 132 valence electrons. The molecule has 26 heavy (non-hydrogen) atoms. The van der Waals surface area contributed by atoms with Crippen LogP contribution in [0.25, 0.3) is 21.7 Å². The SMILES string of the molecule is CCC[C@H](C)Sc1nc(-c2cccs2)cc(-c2ccc(Cl)cc2)c1C#N. The second-order valence-electron chi connectivity index (χ2n) is 6.05. The molecule has 0 aliphatic rings. The van der Waals surface area contributed by atoms with Crippen molar-refractivity contribution < 1.29 is 0 Å². The van der Waals surface area contributed by atoms with Gasteiger partial charge in [0.25, 0.3) is 0 Å². The second-order valence-corrected chi connectivity index (χ2v) is 8.86.